The van der Waals surface area contributed by atoms with Crippen molar-refractivity contribution in [1.29, 1.82) is 0 Å². The van der Waals surface area contributed by atoms with Gasteiger partial charge in [-0.2, -0.15) is 0 Å². The third-order valence-corrected chi connectivity index (χ3v) is 7.17. The van der Waals surface area contributed by atoms with Crippen LogP contribution in [-0.2, 0) is 9.53 Å². The molecule has 1 saturated carbocycles. The summed E-state index contributed by atoms with van der Waals surface area (Å²) in [6, 6.07) is 0. The molecule has 2 heterocycles. The fourth-order valence-electron chi connectivity index (χ4n) is 4.18. The Morgan fingerprint density at radius 1 is 1.15 bits per heavy atom. The first-order valence-electron chi connectivity index (χ1n) is 9.66. The van der Waals surface area contributed by atoms with Crippen LogP contribution in [0.2, 0.25) is 0 Å². The van der Waals surface area contributed by atoms with Crippen LogP contribution in [0.1, 0.15) is 83.6 Å². The van der Waals surface area contributed by atoms with E-state index < -0.39 is 5.91 Å². The average molecular weight is 460 g/mol. The van der Waals surface area contributed by atoms with Crippen LogP contribution in [0, 0.1) is 5.92 Å². The first-order chi connectivity index (χ1) is 12.6. The number of amides is 1. The molecule has 1 aromatic rings. The number of piperidine rings is 1. The summed E-state index contributed by atoms with van der Waals surface area (Å²) in [7, 11) is 1.44. The van der Waals surface area contributed by atoms with Gasteiger partial charge < -0.3 is 15.8 Å². The Morgan fingerprint density at radius 3 is 2.41 bits per heavy atom. The number of nitrogens with one attached hydrogen (secondary N) is 1. The Morgan fingerprint density at radius 2 is 1.81 bits per heavy atom. The molecule has 3 N–H and O–H groups in total. The molecule has 0 unspecified atom stereocenters. The van der Waals surface area contributed by atoms with E-state index in [4.69, 9.17) is 10.5 Å². The number of nitrogens with zero attached hydrogens (tertiary/aromatic N) is 1. The quantitative estimate of drug-likeness (QED) is 0.634. The molecule has 27 heavy (non-hydrogen) atoms. The molecule has 2 fully saturated rings. The summed E-state index contributed by atoms with van der Waals surface area (Å²) in [5.74, 6) is 0.866. The van der Waals surface area contributed by atoms with Gasteiger partial charge >= 0.3 is 5.97 Å². The highest BCUT2D eigenvalue weighted by atomic mass is 79.9. The number of primary amides is 1. The number of ether oxygens (including phenoxy) is 1. The number of carbonyl (C=O) groups is 2. The molecular formula is C19H30BrN3O3S. The molecule has 1 aromatic heterocycles. The molecule has 1 saturated heterocycles. The van der Waals surface area contributed by atoms with E-state index in [9.17, 15) is 9.59 Å². The van der Waals surface area contributed by atoms with Crippen molar-refractivity contribution in [2.75, 3.05) is 20.2 Å². The number of halogens is 1. The molecule has 1 aliphatic heterocycles. The molecule has 2 aliphatic rings. The van der Waals surface area contributed by atoms with Gasteiger partial charge in [0.25, 0.3) is 5.91 Å². The Bertz CT molecular complexity index is 638. The van der Waals surface area contributed by atoms with Gasteiger partial charge in [-0.05, 0) is 69.9 Å². The van der Waals surface area contributed by atoms with Crippen molar-refractivity contribution in [3.05, 3.63) is 15.6 Å². The predicted molar refractivity (Wildman–Crippen MR) is 112 cm³/mol. The third kappa shape index (κ3) is 5.74. The van der Waals surface area contributed by atoms with Crippen molar-refractivity contribution < 1.29 is 14.3 Å². The molecular weight excluding hydrogens is 430 g/mol. The molecule has 0 radical (unpaired) electrons. The Balaban J connectivity index is 0.00000261. The summed E-state index contributed by atoms with van der Waals surface area (Å²) in [5, 5.41) is 4.46. The number of esters is 1. The molecule has 0 spiro atoms. The maximum absolute atomic E-state index is 11.9. The highest BCUT2D eigenvalue weighted by Crippen LogP contribution is 2.42. The zero-order valence-corrected chi connectivity index (χ0v) is 18.4. The molecule has 1 amide bonds. The Kier molecular flexibility index (Phi) is 8.69. The van der Waals surface area contributed by atoms with Crippen LogP contribution in [-0.4, -0.2) is 37.1 Å². The lowest BCUT2D eigenvalue weighted by Gasteiger charge is -2.28. The van der Waals surface area contributed by atoms with E-state index in [0.717, 1.165) is 67.9 Å². The molecule has 8 heteroatoms. The smallest absolute Gasteiger partial charge is 0.305 e. The van der Waals surface area contributed by atoms with Crippen LogP contribution >= 0.6 is 28.3 Å². The minimum atomic E-state index is -0.399. The second-order valence-corrected chi connectivity index (χ2v) is 8.55. The van der Waals surface area contributed by atoms with Crippen LogP contribution in [0.3, 0.4) is 0 Å². The van der Waals surface area contributed by atoms with E-state index in [0.29, 0.717) is 29.9 Å². The largest absolute Gasteiger partial charge is 0.469 e. The SMILES string of the molecule is Br.COC(=O)CC[C@H]1CC[C@H](c2sc(C3CCNCC3)nc2C(N)=O)CC1. The standard InChI is InChI=1S/C19H29N3O3S.BrH/c1-25-15(23)7-4-12-2-5-13(6-3-12)17-16(18(20)24)22-19(26-17)14-8-10-21-11-9-14;/h12-14,21H,2-11H2,1H3,(H2,20,24);1H/t12-,13-;. The van der Waals surface area contributed by atoms with Gasteiger partial charge in [0.2, 0.25) is 0 Å². The number of rotatable bonds is 6. The first kappa shape index (κ1) is 22.3. The number of nitrogens with two attached hydrogens (primary N) is 1. The fourth-order valence-corrected chi connectivity index (χ4v) is 5.59. The van der Waals surface area contributed by atoms with Gasteiger partial charge in [-0.25, -0.2) is 4.98 Å². The number of aromatic nitrogens is 1. The molecule has 0 aromatic carbocycles. The summed E-state index contributed by atoms with van der Waals surface area (Å²) in [5.41, 5.74) is 6.13. The summed E-state index contributed by atoms with van der Waals surface area (Å²) in [6.07, 6.45) is 7.79. The van der Waals surface area contributed by atoms with Gasteiger partial charge in [-0.15, -0.1) is 28.3 Å². The first-order valence-corrected chi connectivity index (χ1v) is 10.5. The number of methoxy groups -OCH3 is 1. The lowest BCUT2D eigenvalue weighted by molar-refractivity contribution is -0.141. The lowest BCUT2D eigenvalue weighted by Crippen LogP contribution is -2.26. The van der Waals surface area contributed by atoms with Crippen molar-refractivity contribution in [3.8, 4) is 0 Å². The lowest BCUT2D eigenvalue weighted by atomic mass is 9.79. The Hall–Kier alpha value is -0.990. The second-order valence-electron chi connectivity index (χ2n) is 7.49. The number of hydrogen-bond acceptors (Lipinski definition) is 6. The van der Waals surface area contributed by atoms with Gasteiger partial charge in [0.05, 0.1) is 12.1 Å². The van der Waals surface area contributed by atoms with E-state index in [2.05, 4.69) is 10.3 Å². The maximum Gasteiger partial charge on any atom is 0.305 e. The van der Waals surface area contributed by atoms with Crippen molar-refractivity contribution in [2.24, 2.45) is 11.7 Å². The predicted octanol–water partition coefficient (Wildman–Crippen LogP) is 3.51. The summed E-state index contributed by atoms with van der Waals surface area (Å²) >= 11 is 1.71. The van der Waals surface area contributed by atoms with Crippen LogP contribution in [0.4, 0.5) is 0 Å². The summed E-state index contributed by atoms with van der Waals surface area (Å²) in [6.45, 7) is 2.02. The minimum absolute atomic E-state index is 0. The number of hydrogen-bond donors (Lipinski definition) is 2. The molecule has 0 bridgehead atoms. The average Bonchev–Trinajstić information content (AvgIpc) is 3.13. The highest BCUT2D eigenvalue weighted by Gasteiger charge is 2.30. The van der Waals surface area contributed by atoms with E-state index in [1.807, 2.05) is 0 Å². The zero-order valence-electron chi connectivity index (χ0n) is 15.9. The van der Waals surface area contributed by atoms with E-state index in [-0.39, 0.29) is 23.0 Å². The van der Waals surface area contributed by atoms with Gasteiger partial charge in [0, 0.05) is 17.2 Å². The van der Waals surface area contributed by atoms with Crippen LogP contribution < -0.4 is 11.1 Å². The monoisotopic (exact) mass is 459 g/mol. The van der Waals surface area contributed by atoms with Crippen molar-refractivity contribution >= 4 is 40.2 Å². The number of carbonyl (C=O) groups excluding carboxylic acids is 2. The highest BCUT2D eigenvalue weighted by molar-refractivity contribution is 8.93. The zero-order chi connectivity index (χ0) is 18.5. The summed E-state index contributed by atoms with van der Waals surface area (Å²) < 4.78 is 4.73. The van der Waals surface area contributed by atoms with Gasteiger partial charge in [-0.1, -0.05) is 0 Å². The normalized spacial score (nSPS) is 23.4. The maximum atomic E-state index is 11.9. The van der Waals surface area contributed by atoms with Crippen molar-refractivity contribution in [1.82, 2.24) is 10.3 Å². The number of thiazole rings is 1. The molecule has 0 atom stereocenters. The third-order valence-electron chi connectivity index (χ3n) is 5.79. The van der Waals surface area contributed by atoms with Crippen LogP contribution in [0.15, 0.2) is 0 Å². The Labute approximate surface area is 175 Å². The van der Waals surface area contributed by atoms with Crippen LogP contribution in [0.5, 0.6) is 0 Å². The van der Waals surface area contributed by atoms with Crippen molar-refractivity contribution in [3.63, 3.8) is 0 Å². The van der Waals surface area contributed by atoms with E-state index in [1.54, 1.807) is 11.3 Å². The second kappa shape index (κ2) is 10.5. The van der Waals surface area contributed by atoms with Crippen LogP contribution in [0.25, 0.3) is 0 Å². The van der Waals surface area contributed by atoms with Gasteiger partial charge in [-0.3, -0.25) is 9.59 Å². The topological polar surface area (TPSA) is 94.3 Å². The summed E-state index contributed by atoms with van der Waals surface area (Å²) in [4.78, 5) is 29.0. The molecule has 6 nitrogen and oxygen atoms in total. The van der Waals surface area contributed by atoms with E-state index in [1.165, 1.54) is 7.11 Å². The van der Waals surface area contributed by atoms with E-state index >= 15 is 0 Å². The molecule has 3 rings (SSSR count). The van der Waals surface area contributed by atoms with Crippen molar-refractivity contribution in [2.45, 2.75) is 63.2 Å². The fraction of sp³-hybridized carbons (Fsp3) is 0.737. The minimum Gasteiger partial charge on any atom is -0.469 e. The van der Waals surface area contributed by atoms with Gasteiger partial charge in [0.1, 0.15) is 5.69 Å². The molecule has 1 aliphatic carbocycles. The van der Waals surface area contributed by atoms with Gasteiger partial charge in [0.15, 0.2) is 0 Å². The molecule has 152 valence electrons.